The van der Waals surface area contributed by atoms with Gasteiger partial charge in [0.15, 0.2) is 0 Å². The summed E-state index contributed by atoms with van der Waals surface area (Å²) < 4.78 is 0. The van der Waals surface area contributed by atoms with Crippen LogP contribution in [0.5, 0.6) is 0 Å². The van der Waals surface area contributed by atoms with Crippen LogP contribution in [0.4, 0.5) is 0 Å². The average Bonchev–Trinajstić information content (AvgIpc) is 2.91. The molecule has 0 fully saturated rings. The van der Waals surface area contributed by atoms with E-state index in [1.54, 1.807) is 0 Å². The maximum Gasteiger partial charge on any atom is 0.101 e. The van der Waals surface area contributed by atoms with Crippen molar-refractivity contribution in [2.45, 2.75) is 104 Å². The summed E-state index contributed by atoms with van der Waals surface area (Å²) in [7, 11) is 0. The molecule has 0 aliphatic carbocycles. The van der Waals surface area contributed by atoms with E-state index in [2.05, 4.69) is 43.0 Å². The standard InChI is InChI=1S/C20H40N2/c1-4-7-10-11-12-14-17-22-19-18-21(16-13-8-5-2)20(22)15-9-6-3/h18-20H,4-17H2,1-3H3. The first-order valence-corrected chi connectivity index (χ1v) is 10.0. The van der Waals surface area contributed by atoms with Gasteiger partial charge in [0, 0.05) is 25.5 Å². The summed E-state index contributed by atoms with van der Waals surface area (Å²) in [6.45, 7) is 9.38. The van der Waals surface area contributed by atoms with E-state index in [0.29, 0.717) is 6.17 Å². The van der Waals surface area contributed by atoms with Crippen molar-refractivity contribution in [3.63, 3.8) is 0 Å². The van der Waals surface area contributed by atoms with Crippen LogP contribution in [0.1, 0.15) is 97.8 Å². The largest absolute Gasteiger partial charge is 0.356 e. The zero-order valence-electron chi connectivity index (χ0n) is 15.5. The Morgan fingerprint density at radius 3 is 1.64 bits per heavy atom. The van der Waals surface area contributed by atoms with Crippen LogP contribution in [-0.4, -0.2) is 29.1 Å². The molecular weight excluding hydrogens is 268 g/mol. The molecule has 2 heteroatoms. The molecule has 0 amide bonds. The second-order valence-electron chi connectivity index (χ2n) is 6.87. The molecule has 0 radical (unpaired) electrons. The van der Waals surface area contributed by atoms with Crippen LogP contribution in [-0.2, 0) is 0 Å². The highest BCUT2D eigenvalue weighted by Crippen LogP contribution is 2.22. The predicted octanol–water partition coefficient (Wildman–Crippen LogP) is 6.14. The van der Waals surface area contributed by atoms with E-state index in [-0.39, 0.29) is 0 Å². The third-order valence-corrected chi connectivity index (χ3v) is 4.82. The van der Waals surface area contributed by atoms with Gasteiger partial charge in [-0.05, 0) is 25.7 Å². The maximum absolute atomic E-state index is 2.61. The molecule has 0 N–H and O–H groups in total. The molecule has 22 heavy (non-hydrogen) atoms. The van der Waals surface area contributed by atoms with Crippen molar-refractivity contribution in [3.8, 4) is 0 Å². The van der Waals surface area contributed by atoms with Crippen LogP contribution in [0.15, 0.2) is 12.4 Å². The second-order valence-corrected chi connectivity index (χ2v) is 6.87. The van der Waals surface area contributed by atoms with Crippen molar-refractivity contribution in [1.82, 2.24) is 9.80 Å². The van der Waals surface area contributed by atoms with E-state index in [4.69, 9.17) is 0 Å². The fourth-order valence-electron chi connectivity index (χ4n) is 3.35. The second kappa shape index (κ2) is 12.8. The molecule has 0 bridgehead atoms. The van der Waals surface area contributed by atoms with Gasteiger partial charge < -0.3 is 9.80 Å². The van der Waals surface area contributed by atoms with Crippen LogP contribution in [0.2, 0.25) is 0 Å². The van der Waals surface area contributed by atoms with Crippen molar-refractivity contribution in [3.05, 3.63) is 12.4 Å². The third kappa shape index (κ3) is 7.56. The fourth-order valence-corrected chi connectivity index (χ4v) is 3.35. The number of rotatable bonds is 14. The molecule has 0 aromatic rings. The third-order valence-electron chi connectivity index (χ3n) is 4.82. The first-order valence-electron chi connectivity index (χ1n) is 10.0. The van der Waals surface area contributed by atoms with Gasteiger partial charge in [0.25, 0.3) is 0 Å². The molecular formula is C20H40N2. The van der Waals surface area contributed by atoms with Crippen molar-refractivity contribution >= 4 is 0 Å². The van der Waals surface area contributed by atoms with Gasteiger partial charge in [-0.25, -0.2) is 0 Å². The summed E-state index contributed by atoms with van der Waals surface area (Å²) in [6.07, 6.45) is 21.7. The minimum absolute atomic E-state index is 0.646. The molecule has 1 aliphatic rings. The quantitative estimate of drug-likeness (QED) is 0.355. The zero-order chi connectivity index (χ0) is 16.0. The lowest BCUT2D eigenvalue weighted by Gasteiger charge is -2.33. The van der Waals surface area contributed by atoms with E-state index < -0.39 is 0 Å². The summed E-state index contributed by atoms with van der Waals surface area (Å²) in [5, 5.41) is 0. The molecule has 1 heterocycles. The van der Waals surface area contributed by atoms with Gasteiger partial charge in [0.1, 0.15) is 6.17 Å². The van der Waals surface area contributed by atoms with Gasteiger partial charge in [0.2, 0.25) is 0 Å². The molecule has 0 aromatic heterocycles. The van der Waals surface area contributed by atoms with Gasteiger partial charge in [-0.15, -0.1) is 0 Å². The van der Waals surface area contributed by atoms with E-state index >= 15 is 0 Å². The number of hydrogen-bond donors (Lipinski definition) is 0. The topological polar surface area (TPSA) is 6.48 Å². The van der Waals surface area contributed by atoms with Crippen molar-refractivity contribution in [2.75, 3.05) is 13.1 Å². The Balaban J connectivity index is 2.28. The van der Waals surface area contributed by atoms with Crippen molar-refractivity contribution < 1.29 is 0 Å². The summed E-state index contributed by atoms with van der Waals surface area (Å²) in [5.74, 6) is 0. The Kier molecular flexibility index (Phi) is 11.3. The molecule has 1 rings (SSSR count). The highest BCUT2D eigenvalue weighted by Gasteiger charge is 2.24. The Hall–Kier alpha value is -0.660. The van der Waals surface area contributed by atoms with Crippen LogP contribution in [0.25, 0.3) is 0 Å². The Bertz CT molecular complexity index is 275. The molecule has 1 aliphatic heterocycles. The Morgan fingerprint density at radius 1 is 0.591 bits per heavy atom. The first-order chi connectivity index (χ1) is 10.8. The number of hydrogen-bond acceptors (Lipinski definition) is 2. The Labute approximate surface area is 139 Å². The normalized spacial score (nSPS) is 17.7. The maximum atomic E-state index is 2.61. The minimum atomic E-state index is 0.646. The molecule has 1 atom stereocenters. The first kappa shape index (κ1) is 19.4. The molecule has 2 nitrogen and oxygen atoms in total. The monoisotopic (exact) mass is 308 g/mol. The highest BCUT2D eigenvalue weighted by molar-refractivity contribution is 4.96. The van der Waals surface area contributed by atoms with Crippen molar-refractivity contribution in [1.29, 1.82) is 0 Å². The smallest absolute Gasteiger partial charge is 0.101 e. The van der Waals surface area contributed by atoms with Gasteiger partial charge in [-0.1, -0.05) is 72.1 Å². The van der Waals surface area contributed by atoms with Gasteiger partial charge >= 0.3 is 0 Å². The molecule has 130 valence electrons. The van der Waals surface area contributed by atoms with Crippen LogP contribution in [0, 0.1) is 0 Å². The van der Waals surface area contributed by atoms with E-state index in [1.165, 1.54) is 90.1 Å². The highest BCUT2D eigenvalue weighted by atomic mass is 15.4. The van der Waals surface area contributed by atoms with Crippen LogP contribution >= 0.6 is 0 Å². The lowest BCUT2D eigenvalue weighted by Crippen LogP contribution is -2.39. The fraction of sp³-hybridized carbons (Fsp3) is 0.900. The minimum Gasteiger partial charge on any atom is -0.356 e. The Morgan fingerprint density at radius 2 is 1.05 bits per heavy atom. The SMILES string of the molecule is CCCCCCCCN1C=CN(CCCCC)C1CCCC. The van der Waals surface area contributed by atoms with Crippen LogP contribution in [0.3, 0.4) is 0 Å². The van der Waals surface area contributed by atoms with E-state index in [1.807, 2.05) is 0 Å². The molecule has 0 saturated heterocycles. The molecule has 0 spiro atoms. The lowest BCUT2D eigenvalue weighted by molar-refractivity contribution is 0.136. The summed E-state index contributed by atoms with van der Waals surface area (Å²) in [5.41, 5.74) is 0. The summed E-state index contributed by atoms with van der Waals surface area (Å²) >= 11 is 0. The van der Waals surface area contributed by atoms with Crippen LogP contribution < -0.4 is 0 Å². The number of unbranched alkanes of at least 4 members (excludes halogenated alkanes) is 8. The summed E-state index contributed by atoms with van der Waals surface area (Å²) in [6, 6.07) is 0. The zero-order valence-corrected chi connectivity index (χ0v) is 15.5. The van der Waals surface area contributed by atoms with E-state index in [0.717, 1.165) is 0 Å². The molecule has 0 aromatic carbocycles. The average molecular weight is 309 g/mol. The number of nitrogens with zero attached hydrogens (tertiary/aromatic N) is 2. The van der Waals surface area contributed by atoms with E-state index in [9.17, 15) is 0 Å². The van der Waals surface area contributed by atoms with Gasteiger partial charge in [-0.3, -0.25) is 0 Å². The van der Waals surface area contributed by atoms with Gasteiger partial charge in [-0.2, -0.15) is 0 Å². The predicted molar refractivity (Wildman–Crippen MR) is 98.8 cm³/mol. The molecule has 0 saturated carbocycles. The molecule has 1 unspecified atom stereocenters. The lowest BCUT2D eigenvalue weighted by atomic mass is 10.1. The van der Waals surface area contributed by atoms with Crippen molar-refractivity contribution in [2.24, 2.45) is 0 Å². The van der Waals surface area contributed by atoms with Gasteiger partial charge in [0.05, 0.1) is 0 Å². The summed E-state index contributed by atoms with van der Waals surface area (Å²) in [4.78, 5) is 5.21.